The monoisotopic (exact) mass is 194 g/mol. The van der Waals surface area contributed by atoms with Crippen LogP contribution in [0.3, 0.4) is 0 Å². The number of nitrogens with zero attached hydrogens (tertiary/aromatic N) is 1. The van der Waals surface area contributed by atoms with E-state index in [0.29, 0.717) is 11.9 Å². The van der Waals surface area contributed by atoms with Crippen molar-refractivity contribution in [3.05, 3.63) is 24.1 Å². The third-order valence-corrected chi connectivity index (χ3v) is 2.76. The van der Waals surface area contributed by atoms with Gasteiger partial charge in [-0.05, 0) is 37.3 Å². The van der Waals surface area contributed by atoms with Crippen molar-refractivity contribution in [2.75, 3.05) is 5.32 Å². The van der Waals surface area contributed by atoms with E-state index in [-0.39, 0.29) is 0 Å². The van der Waals surface area contributed by atoms with Crippen LogP contribution in [0.5, 0.6) is 0 Å². The van der Waals surface area contributed by atoms with Gasteiger partial charge in [0.1, 0.15) is 5.82 Å². The minimum Gasteiger partial charge on any atom is -0.367 e. The van der Waals surface area contributed by atoms with Crippen LogP contribution in [0.15, 0.2) is 18.2 Å². The summed E-state index contributed by atoms with van der Waals surface area (Å²) in [6, 6.07) is 5.33. The fourth-order valence-electron chi connectivity index (χ4n) is 2.04. The molecule has 0 saturated heterocycles. The van der Waals surface area contributed by atoms with E-state index < -0.39 is 5.95 Å². The highest BCUT2D eigenvalue weighted by Gasteiger charge is 2.21. The molecule has 0 aromatic carbocycles. The molecule has 1 aromatic rings. The molecule has 2 rings (SSSR count). The lowest BCUT2D eigenvalue weighted by atomic mass is 10.1. The van der Waals surface area contributed by atoms with E-state index in [1.807, 2.05) is 6.07 Å². The number of rotatable bonds is 2. The second-order valence-electron chi connectivity index (χ2n) is 4.11. The van der Waals surface area contributed by atoms with Gasteiger partial charge in [0.2, 0.25) is 5.95 Å². The van der Waals surface area contributed by atoms with Crippen LogP contribution in [0.1, 0.15) is 26.2 Å². The molecular weight excluding hydrogens is 179 g/mol. The van der Waals surface area contributed by atoms with Gasteiger partial charge in [-0.25, -0.2) is 4.98 Å². The summed E-state index contributed by atoms with van der Waals surface area (Å²) in [5.74, 6) is 1.02. The molecule has 3 heteroatoms. The summed E-state index contributed by atoms with van der Waals surface area (Å²) >= 11 is 0. The van der Waals surface area contributed by atoms with Crippen LogP contribution < -0.4 is 5.32 Å². The molecule has 1 fully saturated rings. The Balaban J connectivity index is 1.97. The molecule has 0 spiro atoms. The maximum absolute atomic E-state index is 12.8. The Hall–Kier alpha value is -1.12. The van der Waals surface area contributed by atoms with Gasteiger partial charge in [-0.3, -0.25) is 0 Å². The van der Waals surface area contributed by atoms with Crippen LogP contribution in [0.4, 0.5) is 10.2 Å². The van der Waals surface area contributed by atoms with Crippen molar-refractivity contribution >= 4 is 5.82 Å². The molecule has 14 heavy (non-hydrogen) atoms. The summed E-state index contributed by atoms with van der Waals surface area (Å²) in [5, 5.41) is 3.26. The van der Waals surface area contributed by atoms with Crippen LogP contribution >= 0.6 is 0 Å². The quantitative estimate of drug-likeness (QED) is 0.732. The second kappa shape index (κ2) is 3.95. The van der Waals surface area contributed by atoms with Gasteiger partial charge in [0.05, 0.1) is 0 Å². The topological polar surface area (TPSA) is 24.9 Å². The van der Waals surface area contributed by atoms with Gasteiger partial charge in [0.15, 0.2) is 0 Å². The molecule has 1 saturated carbocycles. The first kappa shape index (κ1) is 9.44. The van der Waals surface area contributed by atoms with Crippen molar-refractivity contribution in [3.8, 4) is 0 Å². The third kappa shape index (κ3) is 2.22. The van der Waals surface area contributed by atoms with E-state index in [0.717, 1.165) is 12.3 Å². The standard InChI is InChI=1S/C11H15FN2/c1-8-5-6-9(7-8)13-11-4-2-3-10(12)14-11/h2-4,8-9H,5-7H2,1H3,(H,13,14). The molecule has 1 N–H and O–H groups in total. The maximum Gasteiger partial charge on any atom is 0.214 e. The highest BCUT2D eigenvalue weighted by molar-refractivity contribution is 5.35. The molecule has 2 nitrogen and oxygen atoms in total. The minimum absolute atomic E-state index is 0.416. The van der Waals surface area contributed by atoms with E-state index >= 15 is 0 Å². The van der Waals surface area contributed by atoms with Crippen molar-refractivity contribution < 1.29 is 4.39 Å². The van der Waals surface area contributed by atoms with E-state index in [2.05, 4.69) is 17.2 Å². The first-order valence-corrected chi connectivity index (χ1v) is 5.13. The van der Waals surface area contributed by atoms with Gasteiger partial charge in [0, 0.05) is 6.04 Å². The Morgan fingerprint density at radius 1 is 1.43 bits per heavy atom. The number of hydrogen-bond acceptors (Lipinski definition) is 2. The van der Waals surface area contributed by atoms with E-state index in [1.165, 1.54) is 18.9 Å². The molecule has 0 amide bonds. The summed E-state index contributed by atoms with van der Waals surface area (Å²) in [5.41, 5.74) is 0. The van der Waals surface area contributed by atoms with Gasteiger partial charge in [-0.2, -0.15) is 4.39 Å². The van der Waals surface area contributed by atoms with Crippen LogP contribution in [0.2, 0.25) is 0 Å². The largest absolute Gasteiger partial charge is 0.367 e. The average Bonchev–Trinajstić information content (AvgIpc) is 2.51. The summed E-state index contributed by atoms with van der Waals surface area (Å²) in [7, 11) is 0. The number of aromatic nitrogens is 1. The molecule has 0 bridgehead atoms. The van der Waals surface area contributed by atoms with Gasteiger partial charge in [-0.1, -0.05) is 13.0 Å². The summed E-state index contributed by atoms with van der Waals surface area (Å²) in [6.45, 7) is 2.25. The van der Waals surface area contributed by atoms with Crippen LogP contribution in [-0.4, -0.2) is 11.0 Å². The number of nitrogens with one attached hydrogen (secondary N) is 1. The van der Waals surface area contributed by atoms with Gasteiger partial charge >= 0.3 is 0 Å². The van der Waals surface area contributed by atoms with E-state index in [4.69, 9.17) is 0 Å². The number of pyridine rings is 1. The number of halogens is 1. The molecule has 1 aromatic heterocycles. The molecule has 1 aliphatic carbocycles. The Morgan fingerprint density at radius 3 is 2.93 bits per heavy atom. The van der Waals surface area contributed by atoms with Crippen molar-refractivity contribution in [1.29, 1.82) is 0 Å². The maximum atomic E-state index is 12.8. The lowest BCUT2D eigenvalue weighted by Crippen LogP contribution is -2.16. The van der Waals surface area contributed by atoms with Gasteiger partial charge < -0.3 is 5.32 Å². The lowest BCUT2D eigenvalue weighted by molar-refractivity contribution is 0.581. The van der Waals surface area contributed by atoms with Crippen molar-refractivity contribution in [3.63, 3.8) is 0 Å². The van der Waals surface area contributed by atoms with E-state index in [1.54, 1.807) is 6.07 Å². The van der Waals surface area contributed by atoms with Gasteiger partial charge in [0.25, 0.3) is 0 Å². The van der Waals surface area contributed by atoms with Crippen molar-refractivity contribution in [1.82, 2.24) is 4.98 Å². The predicted octanol–water partition coefficient (Wildman–Crippen LogP) is 2.82. The molecule has 0 aliphatic heterocycles. The predicted molar refractivity (Wildman–Crippen MR) is 54.6 cm³/mol. The second-order valence-corrected chi connectivity index (χ2v) is 4.11. The fourth-order valence-corrected chi connectivity index (χ4v) is 2.04. The van der Waals surface area contributed by atoms with Crippen molar-refractivity contribution in [2.45, 2.75) is 32.2 Å². The SMILES string of the molecule is CC1CCC(Nc2cccc(F)n2)C1. The fraction of sp³-hybridized carbons (Fsp3) is 0.545. The first-order chi connectivity index (χ1) is 6.74. The number of hydrogen-bond donors (Lipinski definition) is 1. The molecule has 1 aliphatic rings. The minimum atomic E-state index is -0.416. The lowest BCUT2D eigenvalue weighted by Gasteiger charge is -2.12. The first-order valence-electron chi connectivity index (χ1n) is 5.13. The Kier molecular flexibility index (Phi) is 2.66. The molecule has 0 radical (unpaired) electrons. The smallest absolute Gasteiger partial charge is 0.214 e. The zero-order valence-electron chi connectivity index (χ0n) is 8.33. The number of anilines is 1. The van der Waals surface area contributed by atoms with Crippen LogP contribution in [0.25, 0.3) is 0 Å². The molecule has 1 heterocycles. The summed E-state index contributed by atoms with van der Waals surface area (Å²) < 4.78 is 12.8. The Bertz CT molecular complexity index is 314. The molecule has 2 unspecified atom stereocenters. The van der Waals surface area contributed by atoms with E-state index in [9.17, 15) is 4.39 Å². The van der Waals surface area contributed by atoms with Gasteiger partial charge in [-0.15, -0.1) is 0 Å². The zero-order valence-corrected chi connectivity index (χ0v) is 8.33. The summed E-state index contributed by atoms with van der Waals surface area (Å²) in [6.07, 6.45) is 3.59. The average molecular weight is 194 g/mol. The zero-order chi connectivity index (χ0) is 9.97. The van der Waals surface area contributed by atoms with Crippen LogP contribution in [0, 0.1) is 11.9 Å². The highest BCUT2D eigenvalue weighted by atomic mass is 19.1. The highest BCUT2D eigenvalue weighted by Crippen LogP contribution is 2.26. The molecule has 2 atom stereocenters. The van der Waals surface area contributed by atoms with Crippen molar-refractivity contribution in [2.24, 2.45) is 5.92 Å². The Morgan fingerprint density at radius 2 is 2.29 bits per heavy atom. The van der Waals surface area contributed by atoms with Crippen LogP contribution in [-0.2, 0) is 0 Å². The third-order valence-electron chi connectivity index (χ3n) is 2.76. The Labute approximate surface area is 83.6 Å². The normalized spacial score (nSPS) is 26.4. The molecular formula is C11H15FN2. The summed E-state index contributed by atoms with van der Waals surface area (Å²) in [4.78, 5) is 3.78. The molecule has 76 valence electrons.